The van der Waals surface area contributed by atoms with E-state index < -0.39 is 0 Å². The molecule has 8 heteroatoms. The van der Waals surface area contributed by atoms with E-state index in [0.717, 1.165) is 10.7 Å². The highest BCUT2D eigenvalue weighted by molar-refractivity contribution is 7.12. The Labute approximate surface area is 130 Å². The normalized spacial score (nSPS) is 14.2. The zero-order chi connectivity index (χ0) is 14.9. The van der Waals surface area contributed by atoms with Crippen LogP contribution in [0.15, 0.2) is 30.0 Å². The monoisotopic (exact) mass is 314 g/mol. The first-order valence-corrected chi connectivity index (χ1v) is 7.94. The van der Waals surface area contributed by atoms with Gasteiger partial charge in [0.15, 0.2) is 5.82 Å². The van der Waals surface area contributed by atoms with Gasteiger partial charge in [0.25, 0.3) is 0 Å². The van der Waals surface area contributed by atoms with Crippen molar-refractivity contribution in [2.24, 2.45) is 0 Å². The molecule has 22 heavy (non-hydrogen) atoms. The Morgan fingerprint density at radius 3 is 3.18 bits per heavy atom. The third-order valence-electron chi connectivity index (χ3n) is 3.51. The molecule has 4 rings (SSSR count). The fourth-order valence-corrected chi connectivity index (χ4v) is 2.82. The molecule has 0 radical (unpaired) electrons. The van der Waals surface area contributed by atoms with E-state index in [-0.39, 0.29) is 12.3 Å². The van der Waals surface area contributed by atoms with Gasteiger partial charge < -0.3 is 5.32 Å². The molecule has 1 amide bonds. The molecule has 3 aromatic rings. The van der Waals surface area contributed by atoms with Crippen LogP contribution < -0.4 is 5.32 Å². The molecular weight excluding hydrogens is 300 g/mol. The lowest BCUT2D eigenvalue weighted by atomic mass is 10.3. The van der Waals surface area contributed by atoms with Crippen LogP contribution in [0.4, 0.5) is 5.82 Å². The van der Waals surface area contributed by atoms with Crippen LogP contribution in [0.2, 0.25) is 0 Å². The maximum absolute atomic E-state index is 12.0. The average molecular weight is 314 g/mol. The smallest absolute Gasteiger partial charge is 0.231 e. The van der Waals surface area contributed by atoms with Crippen LogP contribution in [0, 0.1) is 0 Å². The number of H-pyrrole nitrogens is 1. The molecule has 1 saturated carbocycles. The van der Waals surface area contributed by atoms with Crippen LogP contribution in [0.25, 0.3) is 5.00 Å². The lowest BCUT2D eigenvalue weighted by Crippen LogP contribution is -2.15. The minimum Gasteiger partial charge on any atom is -0.309 e. The molecule has 1 fully saturated rings. The van der Waals surface area contributed by atoms with Crippen molar-refractivity contribution >= 4 is 23.1 Å². The van der Waals surface area contributed by atoms with E-state index in [1.807, 2.05) is 18.3 Å². The number of carbonyl (C=O) groups is 1. The summed E-state index contributed by atoms with van der Waals surface area (Å²) < 4.78 is 1.72. The lowest BCUT2D eigenvalue weighted by Gasteiger charge is -1.99. The minimum absolute atomic E-state index is 0.122. The molecule has 1 aliphatic carbocycles. The zero-order valence-corrected chi connectivity index (χ0v) is 12.5. The van der Waals surface area contributed by atoms with Gasteiger partial charge >= 0.3 is 0 Å². The molecular formula is C14H14N6OS. The quantitative estimate of drug-likeness (QED) is 0.755. The predicted octanol–water partition coefficient (Wildman–Crippen LogP) is 2.11. The number of hydrogen-bond acceptors (Lipinski definition) is 5. The van der Waals surface area contributed by atoms with Crippen molar-refractivity contribution in [1.82, 2.24) is 25.0 Å². The van der Waals surface area contributed by atoms with Crippen molar-refractivity contribution in [3.63, 3.8) is 0 Å². The van der Waals surface area contributed by atoms with E-state index in [4.69, 9.17) is 0 Å². The highest BCUT2D eigenvalue weighted by atomic mass is 32.1. The molecule has 3 heterocycles. The van der Waals surface area contributed by atoms with Gasteiger partial charge in [-0.05, 0) is 18.9 Å². The Hall–Kier alpha value is -2.48. The number of hydrogen-bond donors (Lipinski definition) is 2. The Morgan fingerprint density at radius 2 is 2.41 bits per heavy atom. The molecule has 1 aliphatic rings. The minimum atomic E-state index is -0.122. The summed E-state index contributed by atoms with van der Waals surface area (Å²) in [7, 11) is 0. The lowest BCUT2D eigenvalue weighted by molar-refractivity contribution is -0.115. The molecule has 0 atom stereocenters. The highest BCUT2D eigenvalue weighted by Gasteiger charge is 2.25. The average Bonchev–Trinajstić information content (AvgIpc) is 2.95. The first-order valence-electron chi connectivity index (χ1n) is 7.06. The Balaban J connectivity index is 1.39. The first-order chi connectivity index (χ1) is 10.8. The topological polar surface area (TPSA) is 88.5 Å². The highest BCUT2D eigenvalue weighted by Crippen LogP contribution is 2.39. The summed E-state index contributed by atoms with van der Waals surface area (Å²) in [6, 6.07) is 3.74. The van der Waals surface area contributed by atoms with Crippen molar-refractivity contribution in [2.75, 3.05) is 5.32 Å². The predicted molar refractivity (Wildman–Crippen MR) is 82.1 cm³/mol. The standard InChI is InChI=1S/C14H14N6OS/c21-13(16-12-6-11(17-18-12)9-1-2-9)5-10-3-4-20(19-10)14-7-15-8-22-14/h3-4,6-9H,1-2,5H2,(H2,16,17,18,21). The molecule has 7 nitrogen and oxygen atoms in total. The van der Waals surface area contributed by atoms with Gasteiger partial charge in [-0.15, -0.1) is 11.3 Å². The summed E-state index contributed by atoms with van der Waals surface area (Å²) >= 11 is 1.50. The molecule has 2 N–H and O–H groups in total. The van der Waals surface area contributed by atoms with Crippen molar-refractivity contribution < 1.29 is 4.79 Å². The van der Waals surface area contributed by atoms with Crippen molar-refractivity contribution in [3.05, 3.63) is 41.4 Å². The zero-order valence-electron chi connectivity index (χ0n) is 11.7. The third-order valence-corrected chi connectivity index (χ3v) is 4.27. The van der Waals surface area contributed by atoms with E-state index in [2.05, 4.69) is 25.6 Å². The fourth-order valence-electron chi connectivity index (χ4n) is 2.26. The van der Waals surface area contributed by atoms with E-state index in [1.165, 1.54) is 24.2 Å². The van der Waals surface area contributed by atoms with Gasteiger partial charge in [0.1, 0.15) is 5.00 Å². The van der Waals surface area contributed by atoms with Crippen molar-refractivity contribution in [2.45, 2.75) is 25.2 Å². The Kier molecular flexibility index (Phi) is 3.23. The summed E-state index contributed by atoms with van der Waals surface area (Å²) in [5.74, 6) is 1.05. The molecule has 0 unspecified atom stereocenters. The number of carbonyl (C=O) groups excluding carboxylic acids is 1. The number of nitrogens with one attached hydrogen (secondary N) is 2. The summed E-state index contributed by atoms with van der Waals surface area (Å²) in [5, 5.41) is 15.2. The van der Waals surface area contributed by atoms with Gasteiger partial charge in [-0.1, -0.05) is 0 Å². The van der Waals surface area contributed by atoms with Crippen LogP contribution >= 0.6 is 11.3 Å². The molecule has 0 bridgehead atoms. The number of thiazole rings is 1. The molecule has 0 saturated heterocycles. The molecule has 0 aliphatic heterocycles. The van der Waals surface area contributed by atoms with Crippen LogP contribution in [0.5, 0.6) is 0 Å². The summed E-state index contributed by atoms with van der Waals surface area (Å²) in [4.78, 5) is 16.1. The van der Waals surface area contributed by atoms with Crippen LogP contribution in [-0.4, -0.2) is 30.9 Å². The summed E-state index contributed by atoms with van der Waals surface area (Å²) in [5.41, 5.74) is 3.56. The molecule has 112 valence electrons. The van der Waals surface area contributed by atoms with Crippen molar-refractivity contribution in [1.29, 1.82) is 0 Å². The number of amides is 1. The fraction of sp³-hybridized carbons (Fsp3) is 0.286. The van der Waals surface area contributed by atoms with Gasteiger partial charge in [-0.25, -0.2) is 4.68 Å². The molecule has 0 aromatic carbocycles. The summed E-state index contributed by atoms with van der Waals surface area (Å²) in [6.45, 7) is 0. The van der Waals surface area contributed by atoms with Crippen LogP contribution in [0.3, 0.4) is 0 Å². The third kappa shape index (κ3) is 2.77. The Morgan fingerprint density at radius 1 is 1.50 bits per heavy atom. The van der Waals surface area contributed by atoms with Crippen LogP contribution in [-0.2, 0) is 11.2 Å². The number of nitrogens with zero attached hydrogens (tertiary/aromatic N) is 4. The van der Waals surface area contributed by atoms with E-state index >= 15 is 0 Å². The van der Waals surface area contributed by atoms with Gasteiger partial charge in [0.2, 0.25) is 5.91 Å². The Bertz CT molecular complexity index is 786. The first kappa shape index (κ1) is 13.2. The number of rotatable bonds is 5. The second-order valence-electron chi connectivity index (χ2n) is 5.30. The number of aromatic amines is 1. The van der Waals surface area contributed by atoms with Gasteiger partial charge in [-0.3, -0.25) is 14.9 Å². The maximum Gasteiger partial charge on any atom is 0.231 e. The molecule has 0 spiro atoms. The second kappa shape index (κ2) is 5.38. The van der Waals surface area contributed by atoms with E-state index in [9.17, 15) is 4.79 Å². The number of anilines is 1. The second-order valence-corrected chi connectivity index (χ2v) is 6.16. The summed E-state index contributed by atoms with van der Waals surface area (Å²) in [6.07, 6.45) is 6.19. The van der Waals surface area contributed by atoms with Gasteiger partial charge in [0, 0.05) is 23.9 Å². The van der Waals surface area contributed by atoms with E-state index in [0.29, 0.717) is 17.4 Å². The number of aromatic nitrogens is 5. The molecule has 3 aromatic heterocycles. The van der Waals surface area contributed by atoms with Gasteiger partial charge in [0.05, 0.1) is 23.8 Å². The van der Waals surface area contributed by atoms with Gasteiger partial charge in [-0.2, -0.15) is 10.2 Å². The van der Waals surface area contributed by atoms with Crippen LogP contribution in [0.1, 0.15) is 30.1 Å². The maximum atomic E-state index is 12.0. The van der Waals surface area contributed by atoms with E-state index in [1.54, 1.807) is 16.4 Å². The SMILES string of the molecule is O=C(Cc1ccn(-c2cncs2)n1)Nc1cc(C2CC2)[nH]n1. The van der Waals surface area contributed by atoms with Crippen molar-refractivity contribution in [3.8, 4) is 5.00 Å². The largest absolute Gasteiger partial charge is 0.309 e.